The Morgan fingerprint density at radius 2 is 1.78 bits per heavy atom. The molecule has 0 aliphatic heterocycles. The number of ether oxygens (including phenoxy) is 2. The first-order valence-corrected chi connectivity index (χ1v) is 8.84. The molecule has 0 spiro atoms. The molecule has 2 aromatic carbocycles. The number of halogens is 1. The van der Waals surface area contributed by atoms with E-state index in [1.165, 1.54) is 18.9 Å². The van der Waals surface area contributed by atoms with Crippen LogP contribution in [-0.2, 0) is 16.1 Å². The predicted octanol–water partition coefficient (Wildman–Crippen LogP) is 3.42. The number of nitrogens with one attached hydrogen (secondary N) is 1. The Morgan fingerprint density at radius 3 is 2.44 bits per heavy atom. The van der Waals surface area contributed by atoms with E-state index in [9.17, 15) is 9.59 Å². The molecular formula is C20H23ClN2O4. The van der Waals surface area contributed by atoms with Gasteiger partial charge in [0.2, 0.25) is 11.8 Å². The van der Waals surface area contributed by atoms with Crippen molar-refractivity contribution in [3.8, 4) is 11.5 Å². The minimum absolute atomic E-state index is 0.143. The van der Waals surface area contributed by atoms with Crippen LogP contribution in [0.25, 0.3) is 0 Å². The SMILES string of the molecule is COc1ccccc1CNC(=O)CCN(C(C)=O)c1cc(Cl)ccc1OC. The summed E-state index contributed by atoms with van der Waals surface area (Å²) in [6.07, 6.45) is 0.143. The van der Waals surface area contributed by atoms with E-state index in [0.29, 0.717) is 28.8 Å². The highest BCUT2D eigenvalue weighted by Crippen LogP contribution is 2.31. The molecule has 27 heavy (non-hydrogen) atoms. The number of nitrogens with zero attached hydrogens (tertiary/aromatic N) is 1. The second-order valence-corrected chi connectivity index (χ2v) is 6.26. The number of carbonyl (C=O) groups is 2. The van der Waals surface area contributed by atoms with Gasteiger partial charge in [0, 0.05) is 37.0 Å². The van der Waals surface area contributed by atoms with Gasteiger partial charge in [0.1, 0.15) is 11.5 Å². The van der Waals surface area contributed by atoms with Crippen molar-refractivity contribution in [3.63, 3.8) is 0 Å². The molecule has 0 heterocycles. The second kappa shape index (κ2) is 9.83. The summed E-state index contributed by atoms with van der Waals surface area (Å²) in [7, 11) is 3.11. The molecule has 0 unspecified atom stereocenters. The Bertz CT molecular complexity index is 810. The molecule has 0 aromatic heterocycles. The lowest BCUT2D eigenvalue weighted by molar-refractivity contribution is -0.121. The zero-order valence-corrected chi connectivity index (χ0v) is 16.4. The van der Waals surface area contributed by atoms with Gasteiger partial charge in [0.05, 0.1) is 19.9 Å². The van der Waals surface area contributed by atoms with Crippen molar-refractivity contribution in [2.75, 3.05) is 25.7 Å². The third-order valence-corrected chi connectivity index (χ3v) is 4.28. The van der Waals surface area contributed by atoms with E-state index in [4.69, 9.17) is 21.1 Å². The maximum atomic E-state index is 12.2. The lowest BCUT2D eigenvalue weighted by Crippen LogP contribution is -2.34. The molecule has 0 bridgehead atoms. The molecule has 0 fully saturated rings. The van der Waals surface area contributed by atoms with Crippen LogP contribution in [-0.4, -0.2) is 32.6 Å². The summed E-state index contributed by atoms with van der Waals surface area (Å²) in [6.45, 7) is 2.00. The Labute approximate surface area is 164 Å². The fourth-order valence-electron chi connectivity index (χ4n) is 2.67. The summed E-state index contributed by atoms with van der Waals surface area (Å²) >= 11 is 6.05. The Balaban J connectivity index is 2.01. The van der Waals surface area contributed by atoms with Gasteiger partial charge < -0.3 is 19.7 Å². The van der Waals surface area contributed by atoms with Crippen molar-refractivity contribution in [2.24, 2.45) is 0 Å². The molecule has 0 radical (unpaired) electrons. The number of hydrogen-bond donors (Lipinski definition) is 1. The first kappa shape index (κ1) is 20.6. The number of rotatable bonds is 8. The zero-order valence-electron chi connectivity index (χ0n) is 15.6. The van der Waals surface area contributed by atoms with E-state index in [1.807, 2.05) is 24.3 Å². The lowest BCUT2D eigenvalue weighted by atomic mass is 10.2. The Hall–Kier alpha value is -2.73. The summed E-state index contributed by atoms with van der Waals surface area (Å²) in [5, 5.41) is 3.33. The maximum Gasteiger partial charge on any atom is 0.223 e. The van der Waals surface area contributed by atoms with E-state index in [1.54, 1.807) is 25.3 Å². The largest absolute Gasteiger partial charge is 0.496 e. The third-order valence-electron chi connectivity index (χ3n) is 4.04. The van der Waals surface area contributed by atoms with Crippen LogP contribution >= 0.6 is 11.6 Å². The van der Waals surface area contributed by atoms with Gasteiger partial charge in [-0.2, -0.15) is 0 Å². The van der Waals surface area contributed by atoms with Crippen molar-refractivity contribution in [3.05, 3.63) is 53.1 Å². The molecule has 1 N–H and O–H groups in total. The van der Waals surface area contributed by atoms with Gasteiger partial charge in [-0.3, -0.25) is 9.59 Å². The van der Waals surface area contributed by atoms with Crippen molar-refractivity contribution >= 4 is 29.1 Å². The Morgan fingerprint density at radius 1 is 1.07 bits per heavy atom. The normalized spacial score (nSPS) is 10.2. The zero-order chi connectivity index (χ0) is 19.8. The van der Waals surface area contributed by atoms with Gasteiger partial charge in [-0.15, -0.1) is 0 Å². The first-order chi connectivity index (χ1) is 13.0. The smallest absolute Gasteiger partial charge is 0.223 e. The summed E-state index contributed by atoms with van der Waals surface area (Å²) in [5.74, 6) is 0.858. The van der Waals surface area contributed by atoms with Crippen LogP contribution in [0.5, 0.6) is 11.5 Å². The number of carbonyl (C=O) groups excluding carboxylic acids is 2. The molecule has 2 amide bonds. The van der Waals surface area contributed by atoms with Crippen LogP contribution < -0.4 is 19.7 Å². The molecule has 0 saturated heterocycles. The predicted molar refractivity (Wildman–Crippen MR) is 105 cm³/mol. The van der Waals surface area contributed by atoms with Crippen molar-refractivity contribution in [2.45, 2.75) is 19.9 Å². The highest BCUT2D eigenvalue weighted by molar-refractivity contribution is 6.31. The topological polar surface area (TPSA) is 67.9 Å². The van der Waals surface area contributed by atoms with Gasteiger partial charge in [-0.05, 0) is 24.3 Å². The molecule has 0 aliphatic carbocycles. The molecule has 2 aromatic rings. The number of hydrogen-bond acceptors (Lipinski definition) is 4. The van der Waals surface area contributed by atoms with Crippen LogP contribution in [0.4, 0.5) is 5.69 Å². The average molecular weight is 391 g/mol. The van der Waals surface area contributed by atoms with E-state index < -0.39 is 0 Å². The van der Waals surface area contributed by atoms with Gasteiger partial charge >= 0.3 is 0 Å². The standard InChI is InChI=1S/C20H23ClN2O4/c1-14(24)23(17-12-16(21)8-9-19(17)27-3)11-10-20(25)22-13-15-6-4-5-7-18(15)26-2/h4-9,12H,10-11,13H2,1-3H3,(H,22,25). The van der Waals surface area contributed by atoms with Crippen LogP contribution in [0.1, 0.15) is 18.9 Å². The number of methoxy groups -OCH3 is 2. The average Bonchev–Trinajstić information content (AvgIpc) is 2.66. The van der Waals surface area contributed by atoms with E-state index in [0.717, 1.165) is 5.56 Å². The minimum Gasteiger partial charge on any atom is -0.496 e. The van der Waals surface area contributed by atoms with Crippen molar-refractivity contribution in [1.82, 2.24) is 5.32 Å². The number of amides is 2. The number of para-hydroxylation sites is 1. The van der Waals surface area contributed by atoms with Crippen LogP contribution in [0, 0.1) is 0 Å². The minimum atomic E-state index is -0.201. The molecule has 0 saturated carbocycles. The van der Waals surface area contributed by atoms with Crippen LogP contribution in [0.15, 0.2) is 42.5 Å². The molecule has 2 rings (SSSR count). The maximum absolute atomic E-state index is 12.2. The van der Waals surface area contributed by atoms with Crippen molar-refractivity contribution in [1.29, 1.82) is 0 Å². The van der Waals surface area contributed by atoms with Gasteiger partial charge in [-0.1, -0.05) is 29.8 Å². The quantitative estimate of drug-likeness (QED) is 0.750. The fourth-order valence-corrected chi connectivity index (χ4v) is 2.83. The summed E-state index contributed by atoms with van der Waals surface area (Å²) in [5.41, 5.74) is 1.42. The third kappa shape index (κ3) is 5.62. The molecule has 0 aliphatic rings. The lowest BCUT2D eigenvalue weighted by Gasteiger charge is -2.23. The highest BCUT2D eigenvalue weighted by Gasteiger charge is 2.18. The summed E-state index contributed by atoms with van der Waals surface area (Å²) < 4.78 is 10.6. The van der Waals surface area contributed by atoms with Crippen LogP contribution in [0.3, 0.4) is 0 Å². The molecular weight excluding hydrogens is 368 g/mol. The molecule has 6 nitrogen and oxygen atoms in total. The molecule has 144 valence electrons. The fraction of sp³-hybridized carbons (Fsp3) is 0.300. The molecule has 0 atom stereocenters. The summed E-state index contributed by atoms with van der Waals surface area (Å²) in [6, 6.07) is 12.5. The van der Waals surface area contributed by atoms with E-state index >= 15 is 0 Å². The van der Waals surface area contributed by atoms with Gasteiger partial charge in [0.15, 0.2) is 0 Å². The van der Waals surface area contributed by atoms with E-state index in [-0.39, 0.29) is 24.8 Å². The van der Waals surface area contributed by atoms with Gasteiger partial charge in [-0.25, -0.2) is 0 Å². The van der Waals surface area contributed by atoms with Gasteiger partial charge in [0.25, 0.3) is 0 Å². The van der Waals surface area contributed by atoms with Crippen LogP contribution in [0.2, 0.25) is 5.02 Å². The summed E-state index contributed by atoms with van der Waals surface area (Å²) in [4.78, 5) is 25.8. The highest BCUT2D eigenvalue weighted by atomic mass is 35.5. The van der Waals surface area contributed by atoms with E-state index in [2.05, 4.69) is 5.32 Å². The number of benzene rings is 2. The number of anilines is 1. The molecule has 7 heteroatoms. The first-order valence-electron chi connectivity index (χ1n) is 8.46. The second-order valence-electron chi connectivity index (χ2n) is 5.83. The van der Waals surface area contributed by atoms with Crippen molar-refractivity contribution < 1.29 is 19.1 Å². The Kier molecular flexibility index (Phi) is 7.49. The monoisotopic (exact) mass is 390 g/mol.